The van der Waals surface area contributed by atoms with Crippen LogP contribution in [0, 0.1) is 17.8 Å². The lowest BCUT2D eigenvalue weighted by Crippen LogP contribution is -2.34. The number of nitrogens with two attached hydrogens (primary N) is 1. The molecule has 1 aromatic rings. The number of aryl methyl sites for hydroxylation is 1. The van der Waals surface area contributed by atoms with E-state index >= 15 is 0 Å². The van der Waals surface area contributed by atoms with Gasteiger partial charge in [0.15, 0.2) is 0 Å². The summed E-state index contributed by atoms with van der Waals surface area (Å²) >= 11 is 0. The Balaban J connectivity index is 1.67. The summed E-state index contributed by atoms with van der Waals surface area (Å²) in [5, 5.41) is 0. The summed E-state index contributed by atoms with van der Waals surface area (Å²) < 4.78 is 2.00. The Morgan fingerprint density at radius 3 is 2.86 bits per heavy atom. The van der Waals surface area contributed by atoms with Crippen LogP contribution in [0.15, 0.2) is 12.3 Å². The second kappa shape index (κ2) is 5.74. The quantitative estimate of drug-likeness (QED) is 0.906. The number of carbonyl (C=O) groups is 1. The third-order valence-electron chi connectivity index (χ3n) is 5.34. The van der Waals surface area contributed by atoms with Gasteiger partial charge in [-0.05, 0) is 49.5 Å². The lowest BCUT2D eigenvalue weighted by Gasteiger charge is -2.27. The number of hydrogen-bond acceptors (Lipinski definition) is 2. The van der Waals surface area contributed by atoms with Crippen molar-refractivity contribution < 1.29 is 4.79 Å². The van der Waals surface area contributed by atoms with Crippen molar-refractivity contribution in [2.45, 2.75) is 45.6 Å². The SMILES string of the molecule is CCCn1cc(N)cc1C(=O)N(C)CC1CC2CCC1C2. The number of fused-ring (bicyclic) bond motifs is 2. The van der Waals surface area contributed by atoms with Crippen molar-refractivity contribution in [1.29, 1.82) is 0 Å². The molecule has 2 N–H and O–H groups in total. The van der Waals surface area contributed by atoms with Gasteiger partial charge in [-0.3, -0.25) is 4.79 Å². The number of rotatable bonds is 5. The van der Waals surface area contributed by atoms with Crippen LogP contribution in [0.2, 0.25) is 0 Å². The molecule has 1 amide bonds. The zero-order valence-corrected chi connectivity index (χ0v) is 13.2. The highest BCUT2D eigenvalue weighted by molar-refractivity contribution is 5.93. The molecule has 21 heavy (non-hydrogen) atoms. The van der Waals surface area contributed by atoms with E-state index in [1.54, 1.807) is 0 Å². The lowest BCUT2D eigenvalue weighted by molar-refractivity contribution is 0.0743. The first-order valence-corrected chi connectivity index (χ1v) is 8.29. The molecule has 2 saturated carbocycles. The molecule has 3 atom stereocenters. The summed E-state index contributed by atoms with van der Waals surface area (Å²) in [6.07, 6.45) is 8.38. The van der Waals surface area contributed by atoms with Gasteiger partial charge < -0.3 is 15.2 Å². The normalized spacial score (nSPS) is 27.2. The molecule has 2 aliphatic rings. The van der Waals surface area contributed by atoms with Gasteiger partial charge in [0.1, 0.15) is 5.69 Å². The number of aromatic nitrogens is 1. The highest BCUT2D eigenvalue weighted by Gasteiger charge is 2.40. The van der Waals surface area contributed by atoms with E-state index in [1.165, 1.54) is 25.7 Å². The fraction of sp³-hybridized carbons (Fsp3) is 0.706. The Kier molecular flexibility index (Phi) is 3.96. The van der Waals surface area contributed by atoms with Gasteiger partial charge in [0, 0.05) is 26.3 Å². The zero-order chi connectivity index (χ0) is 15.0. The first-order chi connectivity index (χ1) is 10.1. The van der Waals surface area contributed by atoms with Crippen LogP contribution in [0.1, 0.15) is 49.5 Å². The average Bonchev–Trinajstić information content (AvgIpc) is 3.14. The summed E-state index contributed by atoms with van der Waals surface area (Å²) in [6, 6.07) is 1.81. The minimum Gasteiger partial charge on any atom is -0.397 e. The van der Waals surface area contributed by atoms with Crippen LogP contribution in [0.4, 0.5) is 5.69 Å². The summed E-state index contributed by atoms with van der Waals surface area (Å²) in [7, 11) is 1.94. The molecule has 0 aliphatic heterocycles. The monoisotopic (exact) mass is 289 g/mol. The van der Waals surface area contributed by atoms with Gasteiger partial charge in [-0.15, -0.1) is 0 Å². The molecule has 3 unspecified atom stereocenters. The Bertz CT molecular complexity index is 522. The van der Waals surface area contributed by atoms with Gasteiger partial charge in [0.2, 0.25) is 0 Å². The van der Waals surface area contributed by atoms with Gasteiger partial charge in [-0.1, -0.05) is 13.3 Å². The van der Waals surface area contributed by atoms with Crippen molar-refractivity contribution in [3.05, 3.63) is 18.0 Å². The number of carbonyl (C=O) groups excluding carboxylic acids is 1. The summed E-state index contributed by atoms with van der Waals surface area (Å²) in [5.74, 6) is 2.62. The van der Waals surface area contributed by atoms with E-state index in [2.05, 4.69) is 6.92 Å². The smallest absolute Gasteiger partial charge is 0.270 e. The van der Waals surface area contributed by atoms with Crippen molar-refractivity contribution in [2.75, 3.05) is 19.3 Å². The van der Waals surface area contributed by atoms with Gasteiger partial charge in [0.05, 0.1) is 5.69 Å². The molecule has 2 fully saturated rings. The Morgan fingerprint density at radius 1 is 1.43 bits per heavy atom. The van der Waals surface area contributed by atoms with E-state index in [1.807, 2.05) is 28.8 Å². The molecule has 1 aromatic heterocycles. The van der Waals surface area contributed by atoms with E-state index in [-0.39, 0.29) is 5.91 Å². The van der Waals surface area contributed by atoms with Gasteiger partial charge in [0.25, 0.3) is 5.91 Å². The van der Waals surface area contributed by atoms with Crippen LogP contribution in [0.25, 0.3) is 0 Å². The topological polar surface area (TPSA) is 51.3 Å². The molecule has 2 aliphatic carbocycles. The number of anilines is 1. The third kappa shape index (κ3) is 2.81. The fourth-order valence-corrected chi connectivity index (χ4v) is 4.37. The Hall–Kier alpha value is -1.45. The summed E-state index contributed by atoms with van der Waals surface area (Å²) in [5.41, 5.74) is 7.29. The number of amides is 1. The van der Waals surface area contributed by atoms with E-state index in [9.17, 15) is 4.79 Å². The molecular formula is C17H27N3O. The van der Waals surface area contributed by atoms with E-state index < -0.39 is 0 Å². The molecule has 3 rings (SSSR count). The fourth-order valence-electron chi connectivity index (χ4n) is 4.37. The molecule has 4 heteroatoms. The maximum atomic E-state index is 12.7. The largest absolute Gasteiger partial charge is 0.397 e. The Morgan fingerprint density at radius 2 is 2.24 bits per heavy atom. The van der Waals surface area contributed by atoms with Crippen LogP contribution < -0.4 is 5.73 Å². The van der Waals surface area contributed by atoms with E-state index in [0.717, 1.165) is 37.0 Å². The van der Waals surface area contributed by atoms with Crippen molar-refractivity contribution in [3.63, 3.8) is 0 Å². The standard InChI is InChI=1S/C17H27N3O/c1-3-6-20-11-15(18)9-16(20)17(21)19(2)10-14-8-12-4-5-13(14)7-12/h9,11-14H,3-8,10,18H2,1-2H3. The second-order valence-electron chi connectivity index (χ2n) is 6.97. The molecule has 116 valence electrons. The molecular weight excluding hydrogens is 262 g/mol. The molecule has 0 saturated heterocycles. The highest BCUT2D eigenvalue weighted by atomic mass is 16.2. The zero-order valence-electron chi connectivity index (χ0n) is 13.2. The van der Waals surface area contributed by atoms with Crippen molar-refractivity contribution >= 4 is 11.6 Å². The van der Waals surface area contributed by atoms with Gasteiger partial charge >= 0.3 is 0 Å². The molecule has 0 radical (unpaired) electrons. The van der Waals surface area contributed by atoms with Crippen LogP contribution in [-0.4, -0.2) is 29.0 Å². The molecule has 4 nitrogen and oxygen atoms in total. The van der Waals surface area contributed by atoms with Crippen LogP contribution in [-0.2, 0) is 6.54 Å². The Labute approximate surface area is 127 Å². The van der Waals surface area contributed by atoms with Crippen molar-refractivity contribution in [3.8, 4) is 0 Å². The first kappa shape index (κ1) is 14.5. The van der Waals surface area contributed by atoms with Gasteiger partial charge in [-0.2, -0.15) is 0 Å². The number of nitrogen functional groups attached to an aromatic ring is 1. The lowest BCUT2D eigenvalue weighted by atomic mass is 9.88. The third-order valence-corrected chi connectivity index (χ3v) is 5.34. The van der Waals surface area contributed by atoms with E-state index in [4.69, 9.17) is 5.73 Å². The number of nitrogens with zero attached hydrogens (tertiary/aromatic N) is 2. The maximum Gasteiger partial charge on any atom is 0.270 e. The molecule has 0 spiro atoms. The summed E-state index contributed by atoms with van der Waals surface area (Å²) in [6.45, 7) is 3.86. The van der Waals surface area contributed by atoms with Crippen molar-refractivity contribution in [2.24, 2.45) is 17.8 Å². The summed E-state index contributed by atoms with van der Waals surface area (Å²) in [4.78, 5) is 14.6. The maximum absolute atomic E-state index is 12.7. The predicted octanol–water partition coefficient (Wildman–Crippen LogP) is 2.99. The van der Waals surface area contributed by atoms with E-state index in [0.29, 0.717) is 11.6 Å². The first-order valence-electron chi connectivity index (χ1n) is 8.29. The van der Waals surface area contributed by atoms with Crippen molar-refractivity contribution in [1.82, 2.24) is 9.47 Å². The molecule has 0 aromatic carbocycles. The van der Waals surface area contributed by atoms with Crippen LogP contribution in [0.5, 0.6) is 0 Å². The molecule has 2 bridgehead atoms. The average molecular weight is 289 g/mol. The highest BCUT2D eigenvalue weighted by Crippen LogP contribution is 2.48. The number of hydrogen-bond donors (Lipinski definition) is 1. The minimum absolute atomic E-state index is 0.114. The predicted molar refractivity (Wildman–Crippen MR) is 85.0 cm³/mol. The minimum atomic E-state index is 0.114. The van der Waals surface area contributed by atoms with Crippen LogP contribution in [0.3, 0.4) is 0 Å². The van der Waals surface area contributed by atoms with Crippen LogP contribution >= 0.6 is 0 Å². The molecule has 1 heterocycles. The van der Waals surface area contributed by atoms with Gasteiger partial charge in [-0.25, -0.2) is 0 Å². The second-order valence-corrected chi connectivity index (χ2v) is 6.97.